The summed E-state index contributed by atoms with van der Waals surface area (Å²) in [4.78, 5) is 16.8. The normalized spacial score (nSPS) is 10.6. The summed E-state index contributed by atoms with van der Waals surface area (Å²) in [5, 5.41) is 11.9. The van der Waals surface area contributed by atoms with Crippen LogP contribution in [0.15, 0.2) is 61.2 Å². The second-order valence-corrected chi connectivity index (χ2v) is 5.62. The van der Waals surface area contributed by atoms with Gasteiger partial charge in [0.1, 0.15) is 0 Å². The zero-order valence-electron chi connectivity index (χ0n) is 13.4. The van der Waals surface area contributed by atoms with E-state index >= 15 is 0 Å². The number of amides is 1. The standard InChI is InChI=1S/C19H19N3O2/c1-14-2-7-18(22-10-9-20-13-22)17(12-14)19(24)21-16-5-3-15(4-6-16)8-11-23/h2-7,9-10,12-13,23H,8,11H2,1H3,(H,21,24). The van der Waals surface area contributed by atoms with Crippen LogP contribution in [-0.4, -0.2) is 27.2 Å². The molecule has 0 aliphatic heterocycles. The first kappa shape index (κ1) is 16.0. The summed E-state index contributed by atoms with van der Waals surface area (Å²) in [5.41, 5.74) is 4.15. The molecule has 1 aromatic heterocycles. The van der Waals surface area contributed by atoms with Crippen LogP contribution in [-0.2, 0) is 6.42 Å². The molecule has 0 saturated heterocycles. The van der Waals surface area contributed by atoms with E-state index in [0.29, 0.717) is 12.0 Å². The number of aliphatic hydroxyl groups excluding tert-OH is 1. The summed E-state index contributed by atoms with van der Waals surface area (Å²) in [7, 11) is 0. The highest BCUT2D eigenvalue weighted by molar-refractivity contribution is 6.06. The summed E-state index contributed by atoms with van der Waals surface area (Å²) in [6.45, 7) is 2.07. The first-order valence-electron chi connectivity index (χ1n) is 7.77. The van der Waals surface area contributed by atoms with Crippen LogP contribution in [0.2, 0.25) is 0 Å². The number of hydrogen-bond acceptors (Lipinski definition) is 3. The van der Waals surface area contributed by atoms with Crippen LogP contribution in [0, 0.1) is 6.92 Å². The number of hydrogen-bond donors (Lipinski definition) is 2. The minimum atomic E-state index is -0.169. The molecule has 1 heterocycles. The Kier molecular flexibility index (Phi) is 4.72. The number of imidazole rings is 1. The van der Waals surface area contributed by atoms with E-state index < -0.39 is 0 Å². The average molecular weight is 321 g/mol. The van der Waals surface area contributed by atoms with Crippen molar-refractivity contribution >= 4 is 11.6 Å². The van der Waals surface area contributed by atoms with E-state index in [1.165, 1.54) is 0 Å². The van der Waals surface area contributed by atoms with Crippen molar-refractivity contribution in [1.29, 1.82) is 0 Å². The molecule has 24 heavy (non-hydrogen) atoms. The van der Waals surface area contributed by atoms with E-state index in [2.05, 4.69) is 10.3 Å². The van der Waals surface area contributed by atoms with Gasteiger partial charge in [0.25, 0.3) is 5.91 Å². The Hall–Kier alpha value is -2.92. The lowest BCUT2D eigenvalue weighted by Crippen LogP contribution is -2.15. The number of nitrogens with zero attached hydrogens (tertiary/aromatic N) is 2. The van der Waals surface area contributed by atoms with Crippen LogP contribution in [0.25, 0.3) is 5.69 Å². The molecule has 0 radical (unpaired) electrons. The van der Waals surface area contributed by atoms with Gasteiger partial charge in [-0.25, -0.2) is 4.98 Å². The SMILES string of the molecule is Cc1ccc(-n2ccnc2)c(C(=O)Nc2ccc(CCO)cc2)c1. The fraction of sp³-hybridized carbons (Fsp3) is 0.158. The zero-order chi connectivity index (χ0) is 16.9. The molecule has 0 bridgehead atoms. The molecule has 3 aromatic rings. The highest BCUT2D eigenvalue weighted by Crippen LogP contribution is 2.19. The minimum Gasteiger partial charge on any atom is -0.396 e. The summed E-state index contributed by atoms with van der Waals surface area (Å²) >= 11 is 0. The number of benzene rings is 2. The third-order valence-electron chi connectivity index (χ3n) is 3.79. The summed E-state index contributed by atoms with van der Waals surface area (Å²) in [6.07, 6.45) is 5.77. The molecule has 3 rings (SSSR count). The minimum absolute atomic E-state index is 0.114. The van der Waals surface area contributed by atoms with Crippen molar-refractivity contribution in [1.82, 2.24) is 9.55 Å². The van der Waals surface area contributed by atoms with Crippen molar-refractivity contribution in [2.24, 2.45) is 0 Å². The number of carbonyl (C=O) groups excluding carboxylic acids is 1. The molecule has 0 spiro atoms. The van der Waals surface area contributed by atoms with Crippen LogP contribution in [0.5, 0.6) is 0 Å². The second kappa shape index (κ2) is 7.10. The molecule has 5 nitrogen and oxygen atoms in total. The van der Waals surface area contributed by atoms with Crippen molar-refractivity contribution in [3.63, 3.8) is 0 Å². The molecular formula is C19H19N3O2. The summed E-state index contributed by atoms with van der Waals surface area (Å²) < 4.78 is 1.82. The highest BCUT2D eigenvalue weighted by Gasteiger charge is 2.13. The molecule has 5 heteroatoms. The maximum Gasteiger partial charge on any atom is 0.257 e. The fourth-order valence-electron chi connectivity index (χ4n) is 2.54. The Bertz CT molecular complexity index is 824. The van der Waals surface area contributed by atoms with Crippen LogP contribution in [0.1, 0.15) is 21.5 Å². The van der Waals surface area contributed by atoms with Gasteiger partial charge in [-0.05, 0) is 43.2 Å². The molecule has 0 fully saturated rings. The number of nitrogens with one attached hydrogen (secondary N) is 1. The molecule has 0 aliphatic rings. The predicted octanol–water partition coefficient (Wildman–Crippen LogP) is 2.97. The Balaban J connectivity index is 1.86. The third-order valence-corrected chi connectivity index (χ3v) is 3.79. The predicted molar refractivity (Wildman–Crippen MR) is 93.5 cm³/mol. The summed E-state index contributed by atoms with van der Waals surface area (Å²) in [6, 6.07) is 13.2. The Morgan fingerprint density at radius 1 is 1.21 bits per heavy atom. The van der Waals surface area contributed by atoms with Crippen molar-refractivity contribution in [3.8, 4) is 5.69 Å². The van der Waals surface area contributed by atoms with E-state index in [9.17, 15) is 4.79 Å². The van der Waals surface area contributed by atoms with Crippen molar-refractivity contribution in [3.05, 3.63) is 77.9 Å². The maximum atomic E-state index is 12.7. The monoisotopic (exact) mass is 321 g/mol. The van der Waals surface area contributed by atoms with Gasteiger partial charge in [0, 0.05) is 24.7 Å². The van der Waals surface area contributed by atoms with Gasteiger partial charge in [-0.15, -0.1) is 0 Å². The van der Waals surface area contributed by atoms with Gasteiger partial charge in [0.2, 0.25) is 0 Å². The van der Waals surface area contributed by atoms with Crippen LogP contribution in [0.4, 0.5) is 5.69 Å². The van der Waals surface area contributed by atoms with Gasteiger partial charge in [0.05, 0.1) is 17.6 Å². The fourth-order valence-corrected chi connectivity index (χ4v) is 2.54. The highest BCUT2D eigenvalue weighted by atomic mass is 16.3. The second-order valence-electron chi connectivity index (χ2n) is 5.62. The molecule has 0 aliphatic carbocycles. The first-order chi connectivity index (χ1) is 11.7. The van der Waals surface area contributed by atoms with Crippen molar-refractivity contribution < 1.29 is 9.90 Å². The Morgan fingerprint density at radius 3 is 2.67 bits per heavy atom. The molecule has 0 unspecified atom stereocenters. The molecule has 0 saturated carbocycles. The number of aliphatic hydroxyl groups is 1. The average Bonchev–Trinajstić information content (AvgIpc) is 3.11. The molecule has 2 N–H and O–H groups in total. The lowest BCUT2D eigenvalue weighted by atomic mass is 10.1. The maximum absolute atomic E-state index is 12.7. The molecular weight excluding hydrogens is 302 g/mol. The Morgan fingerprint density at radius 2 is 2.00 bits per heavy atom. The van der Waals surface area contributed by atoms with Crippen LogP contribution >= 0.6 is 0 Å². The van der Waals surface area contributed by atoms with Crippen molar-refractivity contribution in [2.75, 3.05) is 11.9 Å². The molecule has 1 amide bonds. The molecule has 0 atom stereocenters. The van der Waals surface area contributed by atoms with Gasteiger partial charge in [0.15, 0.2) is 0 Å². The van der Waals surface area contributed by atoms with Crippen molar-refractivity contribution in [2.45, 2.75) is 13.3 Å². The van der Waals surface area contributed by atoms with Gasteiger partial charge in [-0.3, -0.25) is 4.79 Å². The summed E-state index contributed by atoms with van der Waals surface area (Å²) in [5.74, 6) is -0.169. The number of aromatic nitrogens is 2. The number of carbonyl (C=O) groups is 1. The Labute approximate surface area is 140 Å². The lowest BCUT2D eigenvalue weighted by molar-refractivity contribution is 0.102. The van der Waals surface area contributed by atoms with E-state index in [0.717, 1.165) is 22.5 Å². The van der Waals surface area contributed by atoms with Gasteiger partial charge < -0.3 is 15.0 Å². The molecule has 2 aromatic carbocycles. The zero-order valence-corrected chi connectivity index (χ0v) is 13.4. The number of anilines is 1. The van der Waals surface area contributed by atoms with Gasteiger partial charge in [-0.1, -0.05) is 23.8 Å². The van der Waals surface area contributed by atoms with Crippen LogP contribution in [0.3, 0.4) is 0 Å². The lowest BCUT2D eigenvalue weighted by Gasteiger charge is -2.12. The molecule has 122 valence electrons. The van der Waals surface area contributed by atoms with E-state index in [1.807, 2.05) is 60.2 Å². The first-order valence-corrected chi connectivity index (χ1v) is 7.77. The van der Waals surface area contributed by atoms with Crippen LogP contribution < -0.4 is 5.32 Å². The largest absolute Gasteiger partial charge is 0.396 e. The topological polar surface area (TPSA) is 67.2 Å². The quantitative estimate of drug-likeness (QED) is 0.759. The van der Waals surface area contributed by atoms with Gasteiger partial charge >= 0.3 is 0 Å². The third kappa shape index (κ3) is 3.52. The van der Waals surface area contributed by atoms with E-state index in [4.69, 9.17) is 5.11 Å². The number of aryl methyl sites for hydroxylation is 1. The smallest absolute Gasteiger partial charge is 0.257 e. The number of rotatable bonds is 5. The van der Waals surface area contributed by atoms with E-state index in [-0.39, 0.29) is 12.5 Å². The van der Waals surface area contributed by atoms with E-state index in [1.54, 1.807) is 12.5 Å². The van der Waals surface area contributed by atoms with Gasteiger partial charge in [-0.2, -0.15) is 0 Å².